The molecule has 5 aromatic rings. The lowest BCUT2D eigenvalue weighted by Gasteiger charge is -2.39. The van der Waals surface area contributed by atoms with Gasteiger partial charge in [-0.05, 0) is 67.1 Å². The topological polar surface area (TPSA) is 102 Å². The van der Waals surface area contributed by atoms with Crippen LogP contribution in [0.5, 0.6) is 5.75 Å². The highest BCUT2D eigenvalue weighted by atomic mass is 16.5. The highest BCUT2D eigenvalue weighted by Crippen LogP contribution is 2.34. The summed E-state index contributed by atoms with van der Waals surface area (Å²) in [5, 5.41) is 10.8. The van der Waals surface area contributed by atoms with Gasteiger partial charge in [-0.15, -0.1) is 10.2 Å². The van der Waals surface area contributed by atoms with Crippen LogP contribution in [-0.2, 0) is 30.6 Å². The Morgan fingerprint density at radius 3 is 2.55 bits per heavy atom. The number of ether oxygens (including phenoxy) is 1. The van der Waals surface area contributed by atoms with Crippen LogP contribution in [0.2, 0.25) is 0 Å². The zero-order valence-electron chi connectivity index (χ0n) is 24.1. The molecular formula is C34H38N6O2. The molecule has 0 saturated carbocycles. The number of amides is 1. The third-order valence-electron chi connectivity index (χ3n) is 8.50. The molecule has 3 aromatic carbocycles. The van der Waals surface area contributed by atoms with Crippen LogP contribution in [0.25, 0.3) is 10.9 Å². The van der Waals surface area contributed by atoms with Crippen LogP contribution in [0.15, 0.2) is 85.1 Å². The Bertz CT molecular complexity index is 1630. The van der Waals surface area contributed by atoms with Crippen molar-refractivity contribution in [1.82, 2.24) is 24.6 Å². The fraction of sp³-hybridized carbons (Fsp3) is 0.324. The summed E-state index contributed by atoms with van der Waals surface area (Å²) in [5.41, 5.74) is 10.7. The molecule has 2 atom stereocenters. The summed E-state index contributed by atoms with van der Waals surface area (Å²) in [5.74, 6) is 2.35. The number of nitrogens with two attached hydrogens (primary N) is 1. The number of aromatic amines is 1. The molecule has 8 heteroatoms. The standard InChI is InChI=1S/C34H38N6O2/c1-42-27-17-14-25(15-18-27)23-40-32(19-16-24-9-3-2-4-10-24)37-38-34(40)31(39-20-8-7-13-30(39)33(35)41)21-26-22-36-29-12-6-5-11-28(26)29/h2-6,9-12,14-15,17-18,22,30-31,36H,7-8,13,16,19-21,23H2,1H3,(H2,35,41)/t30-,31+/m0/s1. The summed E-state index contributed by atoms with van der Waals surface area (Å²) in [6.45, 7) is 1.41. The Balaban J connectivity index is 1.42. The number of benzene rings is 3. The quantitative estimate of drug-likeness (QED) is 0.230. The Morgan fingerprint density at radius 2 is 1.76 bits per heavy atom. The number of nitrogens with zero attached hydrogens (tertiary/aromatic N) is 4. The van der Waals surface area contributed by atoms with E-state index in [-0.39, 0.29) is 18.0 Å². The normalized spacial score (nSPS) is 16.5. The average Bonchev–Trinajstić information content (AvgIpc) is 3.63. The van der Waals surface area contributed by atoms with Crippen LogP contribution < -0.4 is 10.5 Å². The fourth-order valence-corrected chi connectivity index (χ4v) is 6.27. The summed E-state index contributed by atoms with van der Waals surface area (Å²) >= 11 is 0. The molecule has 3 heterocycles. The highest BCUT2D eigenvalue weighted by molar-refractivity contribution is 5.83. The molecule has 42 heavy (non-hydrogen) atoms. The number of piperidine rings is 1. The number of methoxy groups -OCH3 is 1. The van der Waals surface area contributed by atoms with E-state index in [4.69, 9.17) is 20.7 Å². The van der Waals surface area contributed by atoms with Crippen LogP contribution in [0, 0.1) is 0 Å². The monoisotopic (exact) mass is 562 g/mol. The van der Waals surface area contributed by atoms with Crippen molar-refractivity contribution in [2.24, 2.45) is 5.73 Å². The minimum atomic E-state index is -0.340. The molecule has 8 nitrogen and oxygen atoms in total. The maximum Gasteiger partial charge on any atom is 0.234 e. The molecule has 0 bridgehead atoms. The number of aromatic nitrogens is 4. The molecule has 1 saturated heterocycles. The number of para-hydroxylation sites is 1. The van der Waals surface area contributed by atoms with Crippen LogP contribution in [0.1, 0.15) is 53.6 Å². The molecule has 0 spiro atoms. The number of carbonyl (C=O) groups excluding carboxylic acids is 1. The Labute approximate surface area is 246 Å². The van der Waals surface area contributed by atoms with Crippen LogP contribution >= 0.6 is 0 Å². The second kappa shape index (κ2) is 12.6. The van der Waals surface area contributed by atoms with E-state index in [9.17, 15) is 4.79 Å². The van der Waals surface area contributed by atoms with Gasteiger partial charge in [0.1, 0.15) is 11.6 Å². The number of nitrogens with one attached hydrogen (secondary N) is 1. The van der Waals surface area contributed by atoms with Crippen molar-refractivity contribution in [2.45, 2.75) is 57.2 Å². The lowest BCUT2D eigenvalue weighted by atomic mass is 9.95. The first-order chi connectivity index (χ1) is 20.6. The van der Waals surface area contributed by atoms with Gasteiger partial charge in [0, 0.05) is 23.5 Å². The van der Waals surface area contributed by atoms with Crippen molar-refractivity contribution in [3.05, 3.63) is 113 Å². The number of hydrogen-bond donors (Lipinski definition) is 2. The highest BCUT2D eigenvalue weighted by Gasteiger charge is 2.36. The smallest absolute Gasteiger partial charge is 0.234 e. The van der Waals surface area contributed by atoms with Crippen molar-refractivity contribution >= 4 is 16.8 Å². The van der Waals surface area contributed by atoms with Gasteiger partial charge in [0.2, 0.25) is 5.91 Å². The van der Waals surface area contributed by atoms with E-state index < -0.39 is 0 Å². The maximum atomic E-state index is 12.7. The summed E-state index contributed by atoms with van der Waals surface area (Å²) in [7, 11) is 1.68. The van der Waals surface area contributed by atoms with Gasteiger partial charge in [0.25, 0.3) is 0 Å². The first-order valence-corrected chi connectivity index (χ1v) is 14.8. The third kappa shape index (κ3) is 5.94. The maximum absolute atomic E-state index is 12.7. The predicted molar refractivity (Wildman–Crippen MR) is 164 cm³/mol. The van der Waals surface area contributed by atoms with Crippen molar-refractivity contribution in [3.63, 3.8) is 0 Å². The minimum absolute atomic E-state index is 0.168. The van der Waals surface area contributed by atoms with Crippen LogP contribution in [0.3, 0.4) is 0 Å². The number of hydrogen-bond acceptors (Lipinski definition) is 5. The summed E-state index contributed by atoms with van der Waals surface area (Å²) in [6.07, 6.45) is 7.16. The Kier molecular flexibility index (Phi) is 8.33. The van der Waals surface area contributed by atoms with Crippen molar-refractivity contribution in [2.75, 3.05) is 13.7 Å². The molecule has 1 amide bonds. The lowest BCUT2D eigenvalue weighted by Crippen LogP contribution is -2.50. The first-order valence-electron chi connectivity index (χ1n) is 14.8. The van der Waals surface area contributed by atoms with E-state index in [0.717, 1.165) is 67.1 Å². The minimum Gasteiger partial charge on any atom is -0.497 e. The number of carbonyl (C=O) groups is 1. The molecule has 0 unspecified atom stereocenters. The largest absolute Gasteiger partial charge is 0.497 e. The van der Waals surface area contributed by atoms with Crippen molar-refractivity contribution in [3.8, 4) is 5.75 Å². The molecule has 216 valence electrons. The van der Waals surface area contributed by atoms with E-state index in [1.165, 1.54) is 16.5 Å². The molecule has 1 aliphatic rings. The second-order valence-corrected chi connectivity index (χ2v) is 11.1. The van der Waals surface area contributed by atoms with E-state index >= 15 is 0 Å². The van der Waals surface area contributed by atoms with Gasteiger partial charge < -0.3 is 20.0 Å². The number of likely N-dealkylation sites (tertiary alicyclic amines) is 1. The molecular weight excluding hydrogens is 524 g/mol. The number of H-pyrrole nitrogens is 1. The number of rotatable bonds is 11. The molecule has 1 aliphatic heterocycles. The van der Waals surface area contributed by atoms with E-state index in [2.05, 4.69) is 75.2 Å². The Morgan fingerprint density at radius 1 is 0.976 bits per heavy atom. The van der Waals surface area contributed by atoms with Gasteiger partial charge in [-0.2, -0.15) is 0 Å². The van der Waals surface area contributed by atoms with Gasteiger partial charge in [0.15, 0.2) is 5.82 Å². The lowest BCUT2D eigenvalue weighted by molar-refractivity contribution is -0.125. The van der Waals surface area contributed by atoms with E-state index in [1.807, 2.05) is 24.3 Å². The van der Waals surface area contributed by atoms with Crippen molar-refractivity contribution < 1.29 is 9.53 Å². The van der Waals surface area contributed by atoms with Crippen LogP contribution in [-0.4, -0.2) is 50.3 Å². The second-order valence-electron chi connectivity index (χ2n) is 11.1. The van der Waals surface area contributed by atoms with Crippen molar-refractivity contribution in [1.29, 1.82) is 0 Å². The van der Waals surface area contributed by atoms with Gasteiger partial charge in [-0.25, -0.2) is 0 Å². The first kappa shape index (κ1) is 27.7. The third-order valence-corrected chi connectivity index (χ3v) is 8.50. The molecule has 6 rings (SSSR count). The summed E-state index contributed by atoms with van der Waals surface area (Å²) < 4.78 is 7.66. The molecule has 3 N–H and O–H groups in total. The van der Waals surface area contributed by atoms with Gasteiger partial charge in [-0.1, -0.05) is 67.1 Å². The fourth-order valence-electron chi connectivity index (χ4n) is 6.27. The predicted octanol–water partition coefficient (Wildman–Crippen LogP) is 5.23. The SMILES string of the molecule is COc1ccc(Cn2c(CCc3ccccc3)nnc2[C@@H](Cc2c[nH]c3ccccc23)N2CCCC[C@H]2C(N)=O)cc1. The van der Waals surface area contributed by atoms with Gasteiger partial charge in [-0.3, -0.25) is 9.69 Å². The zero-order valence-corrected chi connectivity index (χ0v) is 24.1. The van der Waals surface area contributed by atoms with Crippen LogP contribution in [0.4, 0.5) is 0 Å². The molecule has 0 aliphatic carbocycles. The number of primary amides is 1. The number of aryl methyl sites for hydroxylation is 2. The van der Waals surface area contributed by atoms with Gasteiger partial charge >= 0.3 is 0 Å². The molecule has 2 aromatic heterocycles. The zero-order chi connectivity index (χ0) is 28.9. The molecule has 1 fully saturated rings. The summed E-state index contributed by atoms with van der Waals surface area (Å²) in [6, 6.07) is 26.5. The van der Waals surface area contributed by atoms with E-state index in [1.54, 1.807) is 7.11 Å². The number of fused-ring (bicyclic) bond motifs is 1. The molecule has 0 radical (unpaired) electrons. The van der Waals surface area contributed by atoms with E-state index in [0.29, 0.717) is 13.0 Å². The Hall–Kier alpha value is -4.43. The van der Waals surface area contributed by atoms with Gasteiger partial charge in [0.05, 0.1) is 25.7 Å². The summed E-state index contributed by atoms with van der Waals surface area (Å²) in [4.78, 5) is 18.4. The average molecular weight is 563 g/mol.